The van der Waals surface area contributed by atoms with Crippen molar-refractivity contribution in [1.29, 1.82) is 0 Å². The minimum atomic E-state index is -0.904. The second-order valence-electron chi connectivity index (χ2n) is 1.52. The number of nitrogens with zero attached hydrogens (tertiary/aromatic N) is 1. The summed E-state index contributed by atoms with van der Waals surface area (Å²) in [7, 11) is 0. The third-order valence-corrected chi connectivity index (χ3v) is 0.903. The first kappa shape index (κ1) is 9.16. The van der Waals surface area contributed by atoms with Crippen molar-refractivity contribution < 1.29 is 14.7 Å². The molecule has 0 amide bonds. The van der Waals surface area contributed by atoms with Crippen LogP contribution in [0.3, 0.4) is 0 Å². The lowest BCUT2D eigenvalue weighted by Crippen LogP contribution is -2.02. The Hall–Kier alpha value is -0.840. The zero-order valence-corrected chi connectivity index (χ0v) is 5.84. The molecule has 6 heteroatoms. The van der Waals surface area contributed by atoms with Crippen LogP contribution in [0.5, 0.6) is 0 Å². The fourth-order valence-electron chi connectivity index (χ4n) is 0.350. The molecule has 0 spiro atoms. The Kier molecular flexibility index (Phi) is 4.57. The summed E-state index contributed by atoms with van der Waals surface area (Å²) in [5, 5.41) is 8.10. The van der Waals surface area contributed by atoms with Crippen molar-refractivity contribution in [3.63, 3.8) is 0 Å². The number of carbonyl (C=O) groups is 1. The van der Waals surface area contributed by atoms with Gasteiger partial charge in [-0.05, 0) is 18.0 Å². The summed E-state index contributed by atoms with van der Waals surface area (Å²) in [6.07, 6.45) is 0.388. The fourth-order valence-corrected chi connectivity index (χ4v) is 0.484. The van der Waals surface area contributed by atoms with E-state index in [9.17, 15) is 14.9 Å². The third-order valence-electron chi connectivity index (χ3n) is 0.714. The van der Waals surface area contributed by atoms with Crippen molar-refractivity contribution >= 4 is 16.8 Å². The van der Waals surface area contributed by atoms with Gasteiger partial charge in [0.05, 0.1) is 6.61 Å². The first-order chi connectivity index (χ1) is 4.63. The molecule has 0 saturated heterocycles. The molecule has 0 atom stereocenters. The maximum Gasteiger partial charge on any atom is 0.294 e. The van der Waals surface area contributed by atoms with Crippen LogP contribution in [0.4, 0.5) is 0 Å². The van der Waals surface area contributed by atoms with Crippen molar-refractivity contribution in [2.24, 2.45) is 0 Å². The monoisotopic (exact) mass is 167 g/mol. The molecule has 0 rings (SSSR count). The van der Waals surface area contributed by atoms with E-state index in [-0.39, 0.29) is 19.4 Å². The van der Waals surface area contributed by atoms with Gasteiger partial charge in [-0.1, -0.05) is 0 Å². The van der Waals surface area contributed by atoms with Crippen LogP contribution in [0, 0.1) is 10.1 Å². The highest BCUT2D eigenvalue weighted by atomic mass is 35.5. The van der Waals surface area contributed by atoms with Crippen molar-refractivity contribution in [2.45, 2.75) is 12.8 Å². The number of hydrogen-bond donors (Lipinski definition) is 0. The molecule has 0 unspecified atom stereocenters. The van der Waals surface area contributed by atoms with Gasteiger partial charge in [-0.25, -0.2) is 0 Å². The maximum absolute atomic E-state index is 10.0. The van der Waals surface area contributed by atoms with Crippen LogP contribution in [0.1, 0.15) is 12.8 Å². The van der Waals surface area contributed by atoms with Crippen molar-refractivity contribution in [3.8, 4) is 0 Å². The van der Waals surface area contributed by atoms with Gasteiger partial charge in [0, 0.05) is 6.42 Å². The maximum atomic E-state index is 10.0. The van der Waals surface area contributed by atoms with Gasteiger partial charge < -0.3 is 4.84 Å². The Labute approximate surface area is 62.0 Å². The molecule has 0 N–H and O–H groups in total. The Morgan fingerprint density at radius 3 is 2.70 bits per heavy atom. The van der Waals surface area contributed by atoms with Gasteiger partial charge in [0.2, 0.25) is 5.24 Å². The molecule has 5 nitrogen and oxygen atoms in total. The normalized spacial score (nSPS) is 8.90. The molecule has 0 aliphatic carbocycles. The quantitative estimate of drug-likeness (QED) is 0.262. The van der Waals surface area contributed by atoms with Gasteiger partial charge in [-0.3, -0.25) is 4.79 Å². The van der Waals surface area contributed by atoms with Crippen LogP contribution in [-0.4, -0.2) is 16.9 Å². The topological polar surface area (TPSA) is 69.4 Å². The minimum absolute atomic E-state index is 0.0779. The molecule has 10 heavy (non-hydrogen) atoms. The zero-order valence-electron chi connectivity index (χ0n) is 5.08. The summed E-state index contributed by atoms with van der Waals surface area (Å²) in [6.45, 7) is -0.0779. The summed E-state index contributed by atoms with van der Waals surface area (Å²) in [4.78, 5) is 23.4. The van der Waals surface area contributed by atoms with Crippen LogP contribution in [-0.2, 0) is 9.63 Å². The number of hydrogen-bond acceptors (Lipinski definition) is 4. The van der Waals surface area contributed by atoms with Crippen LogP contribution < -0.4 is 0 Å². The lowest BCUT2D eigenvalue weighted by atomic mass is 10.3. The van der Waals surface area contributed by atoms with Crippen LogP contribution in [0.25, 0.3) is 0 Å². The van der Waals surface area contributed by atoms with E-state index in [1.165, 1.54) is 0 Å². The molecule has 0 aromatic carbocycles. The zero-order chi connectivity index (χ0) is 7.98. The molecule has 0 aromatic heterocycles. The lowest BCUT2D eigenvalue weighted by molar-refractivity contribution is -0.757. The van der Waals surface area contributed by atoms with Crippen LogP contribution in [0.2, 0.25) is 0 Å². The Morgan fingerprint density at radius 1 is 1.70 bits per heavy atom. The van der Waals surface area contributed by atoms with Crippen LogP contribution >= 0.6 is 11.6 Å². The smallest absolute Gasteiger partial charge is 0.294 e. The Bertz CT molecular complexity index is 121. The van der Waals surface area contributed by atoms with Crippen molar-refractivity contribution in [3.05, 3.63) is 10.1 Å². The highest BCUT2D eigenvalue weighted by molar-refractivity contribution is 6.63. The van der Waals surface area contributed by atoms with Gasteiger partial charge in [0.15, 0.2) is 0 Å². The van der Waals surface area contributed by atoms with Crippen molar-refractivity contribution in [1.82, 2.24) is 0 Å². The van der Waals surface area contributed by atoms with E-state index in [0.717, 1.165) is 0 Å². The molecular formula is C4H6ClNO4. The van der Waals surface area contributed by atoms with Crippen molar-refractivity contribution in [2.75, 3.05) is 6.61 Å². The lowest BCUT2D eigenvalue weighted by Gasteiger charge is -1.93. The molecular weight excluding hydrogens is 161 g/mol. The highest BCUT2D eigenvalue weighted by Gasteiger charge is 1.97. The van der Waals surface area contributed by atoms with E-state index in [1.807, 2.05) is 0 Å². The molecule has 0 aromatic rings. The average molecular weight is 168 g/mol. The molecule has 0 aliphatic rings. The van der Waals surface area contributed by atoms with E-state index < -0.39 is 10.3 Å². The summed E-state index contributed by atoms with van der Waals surface area (Å²) < 4.78 is 0. The van der Waals surface area contributed by atoms with Gasteiger partial charge >= 0.3 is 0 Å². The summed E-state index contributed by atoms with van der Waals surface area (Å²) in [6, 6.07) is 0. The van der Waals surface area contributed by atoms with Crippen LogP contribution in [0.15, 0.2) is 0 Å². The number of rotatable bonds is 5. The first-order valence-electron chi connectivity index (χ1n) is 2.58. The molecule has 0 heterocycles. The van der Waals surface area contributed by atoms with Gasteiger partial charge in [0.25, 0.3) is 5.09 Å². The first-order valence-corrected chi connectivity index (χ1v) is 2.96. The average Bonchev–Trinajstić information content (AvgIpc) is 1.79. The standard InChI is InChI=1S/C4H6ClNO4/c5-4(7)2-1-3-10-6(8)9/h1-3H2. The van der Waals surface area contributed by atoms with Gasteiger partial charge in [-0.15, -0.1) is 10.1 Å². The Balaban J connectivity index is 3.06. The SMILES string of the molecule is O=C(Cl)CCCO[N+](=O)[O-]. The van der Waals surface area contributed by atoms with Gasteiger partial charge in [0.1, 0.15) is 0 Å². The summed E-state index contributed by atoms with van der Waals surface area (Å²) >= 11 is 4.93. The predicted octanol–water partition coefficient (Wildman–Crippen LogP) is 0.740. The van der Waals surface area contributed by atoms with Gasteiger partial charge in [-0.2, -0.15) is 0 Å². The second kappa shape index (κ2) is 4.99. The molecule has 0 aliphatic heterocycles. The van der Waals surface area contributed by atoms with E-state index >= 15 is 0 Å². The highest BCUT2D eigenvalue weighted by Crippen LogP contribution is 1.94. The van der Waals surface area contributed by atoms with E-state index in [0.29, 0.717) is 0 Å². The fraction of sp³-hybridized carbons (Fsp3) is 0.750. The molecule has 0 bridgehead atoms. The summed E-state index contributed by atoms with van der Waals surface area (Å²) in [5.74, 6) is 0. The third kappa shape index (κ3) is 7.16. The number of carbonyl (C=O) groups excluding carboxylic acids is 1. The van der Waals surface area contributed by atoms with E-state index in [2.05, 4.69) is 4.84 Å². The Morgan fingerprint density at radius 2 is 2.30 bits per heavy atom. The largest absolute Gasteiger partial charge is 0.314 e. The summed E-state index contributed by atoms with van der Waals surface area (Å²) in [5.41, 5.74) is 0. The van der Waals surface area contributed by atoms with E-state index in [1.54, 1.807) is 0 Å². The number of halogens is 1. The molecule has 0 fully saturated rings. The molecule has 0 radical (unpaired) electrons. The molecule has 58 valence electrons. The minimum Gasteiger partial charge on any atom is -0.314 e. The second-order valence-corrected chi connectivity index (χ2v) is 1.94. The predicted molar refractivity (Wildman–Crippen MR) is 33.0 cm³/mol. The molecule has 0 saturated carbocycles. The van der Waals surface area contributed by atoms with E-state index in [4.69, 9.17) is 11.6 Å².